The molecule has 5 rings (SSSR count). The number of halogens is 2. The van der Waals surface area contributed by atoms with Crippen molar-refractivity contribution in [1.82, 2.24) is 19.7 Å². The Hall–Kier alpha value is -2.70. The summed E-state index contributed by atoms with van der Waals surface area (Å²) in [6.45, 7) is 4.21. The number of nitrogens with one attached hydrogen (secondary N) is 1. The highest BCUT2D eigenvalue weighted by Crippen LogP contribution is 2.45. The summed E-state index contributed by atoms with van der Waals surface area (Å²) in [7, 11) is 0. The number of hydrogen-bond donors (Lipinski definition) is 1. The van der Waals surface area contributed by atoms with Gasteiger partial charge in [0.1, 0.15) is 6.04 Å². The summed E-state index contributed by atoms with van der Waals surface area (Å²) in [5, 5.41) is 9.02. The van der Waals surface area contributed by atoms with Crippen molar-refractivity contribution in [2.75, 3.05) is 5.32 Å². The average Bonchev–Trinajstić information content (AvgIpc) is 3.12. The largest absolute Gasteiger partial charge is 0.328 e. The minimum absolute atomic E-state index is 0.114. The molecule has 3 heterocycles. The van der Waals surface area contributed by atoms with Crippen LogP contribution in [0.1, 0.15) is 38.3 Å². The van der Waals surface area contributed by atoms with Crippen LogP contribution in [-0.4, -0.2) is 25.5 Å². The molecule has 6 nitrogen and oxygen atoms in total. The molecule has 0 amide bonds. The Labute approximate surface area is 183 Å². The molecule has 0 spiro atoms. The number of allylic oxidation sites excluding steroid dienone is 2. The zero-order valence-corrected chi connectivity index (χ0v) is 18.0. The molecule has 2 aliphatic rings. The maximum Gasteiger partial charge on any atom is 0.226 e. The van der Waals surface area contributed by atoms with Crippen LogP contribution in [0.25, 0.3) is 11.4 Å². The maximum absolute atomic E-state index is 13.2. The van der Waals surface area contributed by atoms with E-state index in [1.54, 1.807) is 29.2 Å². The number of ketones is 1. The van der Waals surface area contributed by atoms with E-state index >= 15 is 0 Å². The second-order valence-electron chi connectivity index (χ2n) is 8.48. The van der Waals surface area contributed by atoms with Gasteiger partial charge in [0.15, 0.2) is 11.6 Å². The fourth-order valence-corrected chi connectivity index (χ4v) is 4.51. The maximum atomic E-state index is 13.2. The number of rotatable bonds is 2. The van der Waals surface area contributed by atoms with Gasteiger partial charge in [0.2, 0.25) is 5.95 Å². The standard InChI is InChI=1S/C22H19Cl2N5O/c1-22(2)9-16-18(17(30)10-22)19(13-4-3-7-25-11-13)29-21(26-16)27-20(28-29)12-5-6-14(23)15(24)8-12/h3-8,11,19H,9-10H2,1-2H3,(H,26,27,28). The fraction of sp³-hybridized carbons (Fsp3) is 0.273. The zero-order valence-electron chi connectivity index (χ0n) is 16.5. The van der Waals surface area contributed by atoms with E-state index in [0.29, 0.717) is 28.2 Å². The van der Waals surface area contributed by atoms with E-state index in [4.69, 9.17) is 33.3 Å². The van der Waals surface area contributed by atoms with Gasteiger partial charge in [0, 0.05) is 35.6 Å². The SMILES string of the molecule is CC1(C)CC(=O)C2=C(C1)Nc1nc(-c3ccc(Cl)c(Cl)c3)nn1C2c1cccnc1. The number of carbonyl (C=O) groups excluding carboxylic acids is 1. The Morgan fingerprint density at radius 3 is 2.73 bits per heavy atom. The quantitative estimate of drug-likeness (QED) is 0.585. The molecular formula is C22H19Cl2N5O. The molecule has 1 aliphatic carbocycles. The molecule has 3 aromatic rings. The lowest BCUT2D eigenvalue weighted by atomic mass is 9.73. The molecule has 1 N–H and O–H groups in total. The smallest absolute Gasteiger partial charge is 0.226 e. The molecule has 8 heteroatoms. The van der Waals surface area contributed by atoms with Gasteiger partial charge < -0.3 is 5.32 Å². The van der Waals surface area contributed by atoms with Crippen LogP contribution in [0.5, 0.6) is 0 Å². The third kappa shape index (κ3) is 3.20. The summed E-state index contributed by atoms with van der Waals surface area (Å²) in [5.41, 5.74) is 3.18. The summed E-state index contributed by atoms with van der Waals surface area (Å²) in [6.07, 6.45) is 4.75. The number of anilines is 1. The Morgan fingerprint density at radius 2 is 2.00 bits per heavy atom. The highest BCUT2D eigenvalue weighted by molar-refractivity contribution is 6.42. The lowest BCUT2D eigenvalue weighted by molar-refractivity contribution is -0.118. The van der Waals surface area contributed by atoms with Crippen molar-refractivity contribution < 1.29 is 4.79 Å². The first-order valence-corrected chi connectivity index (χ1v) is 10.4. The van der Waals surface area contributed by atoms with Crippen molar-refractivity contribution in [3.05, 3.63) is 69.6 Å². The highest BCUT2D eigenvalue weighted by atomic mass is 35.5. The van der Waals surface area contributed by atoms with E-state index in [1.165, 1.54) is 0 Å². The Kier molecular flexibility index (Phi) is 4.45. The fourth-order valence-electron chi connectivity index (χ4n) is 4.21. The molecule has 30 heavy (non-hydrogen) atoms. The highest BCUT2D eigenvalue weighted by Gasteiger charge is 2.42. The van der Waals surface area contributed by atoms with E-state index < -0.39 is 0 Å². The minimum atomic E-state index is -0.377. The average molecular weight is 440 g/mol. The Bertz CT molecular complexity index is 1200. The van der Waals surface area contributed by atoms with Gasteiger partial charge in [-0.1, -0.05) is 43.1 Å². The van der Waals surface area contributed by atoms with Gasteiger partial charge in [-0.05, 0) is 41.7 Å². The number of Topliss-reactive ketones (excluding diaryl/α,β-unsaturated/α-hetero) is 1. The van der Waals surface area contributed by atoms with Gasteiger partial charge in [0.05, 0.1) is 10.0 Å². The first-order chi connectivity index (χ1) is 14.3. The lowest BCUT2D eigenvalue weighted by Crippen LogP contribution is -2.36. The number of aromatic nitrogens is 4. The van der Waals surface area contributed by atoms with Gasteiger partial charge >= 0.3 is 0 Å². The number of fused-ring (bicyclic) bond motifs is 1. The van der Waals surface area contributed by atoms with Crippen molar-refractivity contribution in [2.24, 2.45) is 5.41 Å². The van der Waals surface area contributed by atoms with E-state index in [-0.39, 0.29) is 17.2 Å². The summed E-state index contributed by atoms with van der Waals surface area (Å²) in [4.78, 5) is 22.2. The van der Waals surface area contributed by atoms with Crippen molar-refractivity contribution in [2.45, 2.75) is 32.7 Å². The molecular weight excluding hydrogens is 421 g/mol. The predicted octanol–water partition coefficient (Wildman–Crippen LogP) is 5.31. The molecule has 0 fully saturated rings. The van der Waals surface area contributed by atoms with Crippen molar-refractivity contribution in [3.63, 3.8) is 0 Å². The first kappa shape index (κ1) is 19.3. The summed E-state index contributed by atoms with van der Waals surface area (Å²) >= 11 is 12.3. The van der Waals surface area contributed by atoms with Gasteiger partial charge in [-0.15, -0.1) is 5.10 Å². The molecule has 1 aliphatic heterocycles. The number of hydrogen-bond acceptors (Lipinski definition) is 5. The van der Waals surface area contributed by atoms with Crippen LogP contribution in [0, 0.1) is 5.41 Å². The molecule has 2 aromatic heterocycles. The van der Waals surface area contributed by atoms with Crippen molar-refractivity contribution in [1.29, 1.82) is 0 Å². The van der Waals surface area contributed by atoms with Gasteiger partial charge in [-0.25, -0.2) is 4.68 Å². The van der Waals surface area contributed by atoms with Crippen LogP contribution in [0.4, 0.5) is 5.95 Å². The van der Waals surface area contributed by atoms with Crippen LogP contribution < -0.4 is 5.32 Å². The number of carbonyl (C=O) groups is 1. The van der Waals surface area contributed by atoms with Crippen LogP contribution in [0.3, 0.4) is 0 Å². The molecule has 1 unspecified atom stereocenters. The number of benzene rings is 1. The monoisotopic (exact) mass is 439 g/mol. The Balaban J connectivity index is 1.67. The van der Waals surface area contributed by atoms with Gasteiger partial charge in [0.25, 0.3) is 0 Å². The van der Waals surface area contributed by atoms with Crippen LogP contribution in [-0.2, 0) is 4.79 Å². The molecule has 152 valence electrons. The molecule has 1 aromatic carbocycles. The predicted molar refractivity (Wildman–Crippen MR) is 117 cm³/mol. The van der Waals surface area contributed by atoms with Gasteiger partial charge in [-0.3, -0.25) is 9.78 Å². The van der Waals surface area contributed by atoms with Crippen LogP contribution in [0.15, 0.2) is 54.0 Å². The number of nitrogens with zero attached hydrogens (tertiary/aromatic N) is 4. The lowest BCUT2D eigenvalue weighted by Gasteiger charge is -2.38. The second kappa shape index (κ2) is 6.93. The number of pyridine rings is 1. The minimum Gasteiger partial charge on any atom is -0.328 e. The molecule has 0 saturated heterocycles. The molecule has 1 atom stereocenters. The topological polar surface area (TPSA) is 72.7 Å². The van der Waals surface area contributed by atoms with E-state index in [9.17, 15) is 4.79 Å². The molecule has 0 saturated carbocycles. The van der Waals surface area contributed by atoms with Gasteiger partial charge in [-0.2, -0.15) is 4.98 Å². The first-order valence-electron chi connectivity index (χ1n) is 9.67. The van der Waals surface area contributed by atoms with Crippen LogP contribution in [0.2, 0.25) is 10.0 Å². The third-order valence-corrected chi connectivity index (χ3v) is 6.25. The van der Waals surface area contributed by atoms with Crippen molar-refractivity contribution >= 4 is 34.9 Å². The zero-order chi connectivity index (χ0) is 21.0. The van der Waals surface area contributed by atoms with E-state index in [2.05, 4.69) is 24.1 Å². The van der Waals surface area contributed by atoms with E-state index in [0.717, 1.165) is 28.8 Å². The summed E-state index contributed by atoms with van der Waals surface area (Å²) < 4.78 is 1.77. The normalized spacial score (nSPS) is 19.9. The van der Waals surface area contributed by atoms with E-state index in [1.807, 2.05) is 18.2 Å². The summed E-state index contributed by atoms with van der Waals surface area (Å²) in [5.74, 6) is 1.23. The summed E-state index contributed by atoms with van der Waals surface area (Å²) in [6, 6.07) is 8.75. The third-order valence-electron chi connectivity index (χ3n) is 5.51. The van der Waals surface area contributed by atoms with Crippen LogP contribution >= 0.6 is 23.2 Å². The Morgan fingerprint density at radius 1 is 1.17 bits per heavy atom. The van der Waals surface area contributed by atoms with Crippen molar-refractivity contribution in [3.8, 4) is 11.4 Å². The second-order valence-corrected chi connectivity index (χ2v) is 9.29. The molecule has 0 radical (unpaired) electrons. The molecule has 0 bridgehead atoms.